The summed E-state index contributed by atoms with van der Waals surface area (Å²) in [6.07, 6.45) is 4.01. The molecule has 3 heteroatoms. The Labute approximate surface area is 181 Å². The van der Waals surface area contributed by atoms with Crippen LogP contribution in [-0.2, 0) is 12.8 Å². The molecule has 3 rings (SSSR count). The molecular formula is C27H33N3. The van der Waals surface area contributed by atoms with Crippen molar-refractivity contribution in [2.45, 2.75) is 40.5 Å². The average Bonchev–Trinajstić information content (AvgIpc) is 2.81. The molecule has 0 unspecified atom stereocenters. The normalized spacial score (nSPS) is 11.1. The molecule has 3 aromatic rings. The number of rotatable bonds is 9. The minimum absolute atomic E-state index is 1.01. The molecule has 0 atom stereocenters. The van der Waals surface area contributed by atoms with Crippen LogP contribution in [0.1, 0.15) is 44.4 Å². The third-order valence-corrected chi connectivity index (χ3v) is 5.52. The molecule has 0 saturated heterocycles. The van der Waals surface area contributed by atoms with Crippen LogP contribution in [0.5, 0.6) is 0 Å². The first kappa shape index (κ1) is 21.6. The van der Waals surface area contributed by atoms with Crippen LogP contribution >= 0.6 is 0 Å². The molecule has 0 aromatic heterocycles. The summed E-state index contributed by atoms with van der Waals surface area (Å²) in [5.41, 5.74) is 7.12. The molecule has 3 nitrogen and oxygen atoms in total. The molecule has 0 bridgehead atoms. The number of anilines is 3. The van der Waals surface area contributed by atoms with E-state index in [1.807, 2.05) is 11.2 Å². The van der Waals surface area contributed by atoms with Gasteiger partial charge in [0.1, 0.15) is 0 Å². The monoisotopic (exact) mass is 399 g/mol. The molecule has 30 heavy (non-hydrogen) atoms. The van der Waals surface area contributed by atoms with Crippen LogP contribution in [0.2, 0.25) is 0 Å². The Kier molecular flexibility index (Phi) is 7.67. The van der Waals surface area contributed by atoms with Crippen molar-refractivity contribution in [3.63, 3.8) is 0 Å². The van der Waals surface area contributed by atoms with E-state index in [4.69, 9.17) is 5.10 Å². The average molecular weight is 400 g/mol. The van der Waals surface area contributed by atoms with Gasteiger partial charge in [-0.05, 0) is 79.8 Å². The number of hydrogen-bond acceptors (Lipinski definition) is 3. The zero-order valence-corrected chi connectivity index (χ0v) is 18.7. The fourth-order valence-electron chi connectivity index (χ4n) is 3.51. The van der Waals surface area contributed by atoms with Gasteiger partial charge in [0, 0.05) is 18.8 Å². The summed E-state index contributed by atoms with van der Waals surface area (Å²) < 4.78 is 0. The van der Waals surface area contributed by atoms with E-state index < -0.39 is 0 Å². The smallest absolute Gasteiger partial charge is 0.0652 e. The third-order valence-electron chi connectivity index (χ3n) is 5.52. The van der Waals surface area contributed by atoms with Gasteiger partial charge in [0.2, 0.25) is 0 Å². The van der Waals surface area contributed by atoms with E-state index >= 15 is 0 Å². The van der Waals surface area contributed by atoms with Crippen LogP contribution in [0.15, 0.2) is 77.9 Å². The summed E-state index contributed by atoms with van der Waals surface area (Å²) in [5, 5.41) is 6.87. The van der Waals surface area contributed by atoms with E-state index in [1.54, 1.807) is 0 Å². The van der Waals surface area contributed by atoms with Crippen LogP contribution < -0.4 is 9.91 Å². The van der Waals surface area contributed by atoms with Gasteiger partial charge in [-0.15, -0.1) is 0 Å². The molecule has 0 spiro atoms. The van der Waals surface area contributed by atoms with Crippen LogP contribution in [0, 0.1) is 0 Å². The van der Waals surface area contributed by atoms with Gasteiger partial charge >= 0.3 is 0 Å². The summed E-state index contributed by atoms with van der Waals surface area (Å²) in [6.45, 7) is 10.7. The maximum Gasteiger partial charge on any atom is 0.0652 e. The lowest BCUT2D eigenvalue weighted by atomic mass is 10.1. The number of aryl methyl sites for hydroxylation is 2. The lowest BCUT2D eigenvalue weighted by Gasteiger charge is -2.21. The number of nitrogens with zero attached hydrogens (tertiary/aromatic N) is 3. The highest BCUT2D eigenvalue weighted by Crippen LogP contribution is 2.27. The van der Waals surface area contributed by atoms with E-state index in [1.165, 1.54) is 16.8 Å². The van der Waals surface area contributed by atoms with Crippen LogP contribution in [-0.4, -0.2) is 19.3 Å². The molecule has 0 aliphatic rings. The Morgan fingerprint density at radius 1 is 0.600 bits per heavy atom. The van der Waals surface area contributed by atoms with Gasteiger partial charge in [0.05, 0.1) is 17.6 Å². The van der Waals surface area contributed by atoms with Gasteiger partial charge in [-0.2, -0.15) is 5.10 Å². The second-order valence-corrected chi connectivity index (χ2v) is 7.36. The maximum atomic E-state index is 4.86. The van der Waals surface area contributed by atoms with Crippen molar-refractivity contribution >= 4 is 23.3 Å². The molecule has 0 saturated carbocycles. The molecule has 0 aliphatic heterocycles. The minimum Gasteiger partial charge on any atom is -0.372 e. The molecule has 0 heterocycles. The zero-order chi connectivity index (χ0) is 21.3. The van der Waals surface area contributed by atoms with Crippen LogP contribution in [0.4, 0.5) is 17.1 Å². The van der Waals surface area contributed by atoms with Crippen molar-refractivity contribution in [1.29, 1.82) is 0 Å². The van der Waals surface area contributed by atoms with E-state index in [0.29, 0.717) is 0 Å². The van der Waals surface area contributed by atoms with Gasteiger partial charge in [-0.3, -0.25) is 0 Å². The second-order valence-electron chi connectivity index (χ2n) is 7.36. The van der Waals surface area contributed by atoms with E-state index in [2.05, 4.69) is 105 Å². The standard InChI is InChI=1S/C27H33N3/c1-5-22-9-17-26(18-10-22)30(27-19-11-23(6-2)12-20-27)28-21-24-13-15-25(16-14-24)29(7-3)8-4/h9-21H,5-8H2,1-4H3/b28-21+. The zero-order valence-electron chi connectivity index (χ0n) is 18.7. The summed E-state index contributed by atoms with van der Waals surface area (Å²) in [6, 6.07) is 25.9. The second kappa shape index (κ2) is 10.6. The minimum atomic E-state index is 1.01. The lowest BCUT2D eigenvalue weighted by molar-refractivity contribution is 0.866. The topological polar surface area (TPSA) is 18.8 Å². The van der Waals surface area contributed by atoms with E-state index in [9.17, 15) is 0 Å². The molecule has 156 valence electrons. The Hall–Kier alpha value is -3.07. The van der Waals surface area contributed by atoms with E-state index in [0.717, 1.165) is 42.9 Å². The molecule has 3 aromatic carbocycles. The fourth-order valence-corrected chi connectivity index (χ4v) is 3.51. The van der Waals surface area contributed by atoms with Crippen LogP contribution in [0.25, 0.3) is 0 Å². The third kappa shape index (κ3) is 5.29. The van der Waals surface area contributed by atoms with Crippen molar-refractivity contribution in [3.05, 3.63) is 89.5 Å². The molecular weight excluding hydrogens is 366 g/mol. The predicted molar refractivity (Wildman–Crippen MR) is 131 cm³/mol. The SMILES string of the molecule is CCc1ccc(N(/N=C/c2ccc(N(CC)CC)cc2)c2ccc(CC)cc2)cc1. The molecule has 0 radical (unpaired) electrons. The van der Waals surface area contributed by atoms with Gasteiger partial charge in [0.25, 0.3) is 0 Å². The highest BCUT2D eigenvalue weighted by atomic mass is 15.5. The first-order valence-corrected chi connectivity index (χ1v) is 11.0. The molecule has 0 aliphatic carbocycles. The molecule has 0 amide bonds. The largest absolute Gasteiger partial charge is 0.372 e. The van der Waals surface area contributed by atoms with Crippen molar-refractivity contribution in [2.75, 3.05) is 23.0 Å². The molecule has 0 fully saturated rings. The van der Waals surface area contributed by atoms with Crippen molar-refractivity contribution in [3.8, 4) is 0 Å². The Bertz CT molecular complexity index is 874. The van der Waals surface area contributed by atoms with Gasteiger partial charge < -0.3 is 4.90 Å². The Morgan fingerprint density at radius 3 is 1.43 bits per heavy atom. The summed E-state index contributed by atoms with van der Waals surface area (Å²) in [7, 11) is 0. The Morgan fingerprint density at radius 2 is 1.03 bits per heavy atom. The summed E-state index contributed by atoms with van der Waals surface area (Å²) in [4.78, 5) is 2.35. The number of hydrogen-bond donors (Lipinski definition) is 0. The van der Waals surface area contributed by atoms with Crippen molar-refractivity contribution in [1.82, 2.24) is 0 Å². The fraction of sp³-hybridized carbons (Fsp3) is 0.296. The van der Waals surface area contributed by atoms with E-state index in [-0.39, 0.29) is 0 Å². The number of benzene rings is 3. The van der Waals surface area contributed by atoms with Gasteiger partial charge in [-0.1, -0.05) is 50.2 Å². The highest BCUT2D eigenvalue weighted by Gasteiger charge is 2.08. The maximum absolute atomic E-state index is 4.86. The summed E-state index contributed by atoms with van der Waals surface area (Å²) >= 11 is 0. The van der Waals surface area contributed by atoms with Gasteiger partial charge in [0.15, 0.2) is 0 Å². The summed E-state index contributed by atoms with van der Waals surface area (Å²) in [5.74, 6) is 0. The predicted octanol–water partition coefficient (Wildman–Crippen LogP) is 6.83. The van der Waals surface area contributed by atoms with Crippen LogP contribution in [0.3, 0.4) is 0 Å². The van der Waals surface area contributed by atoms with Crippen molar-refractivity contribution in [2.24, 2.45) is 5.10 Å². The quantitative estimate of drug-likeness (QED) is 0.290. The highest BCUT2D eigenvalue weighted by molar-refractivity contribution is 5.82. The molecule has 0 N–H and O–H groups in total. The van der Waals surface area contributed by atoms with Gasteiger partial charge in [-0.25, -0.2) is 5.01 Å². The first-order valence-electron chi connectivity index (χ1n) is 11.0. The Balaban J connectivity index is 1.89. The first-order chi connectivity index (χ1) is 14.7. The number of hydrazone groups is 1. The van der Waals surface area contributed by atoms with Crippen molar-refractivity contribution < 1.29 is 0 Å². The lowest BCUT2D eigenvalue weighted by Crippen LogP contribution is -2.21.